The van der Waals surface area contributed by atoms with Crippen LogP contribution in [0.15, 0.2) is 9.16 Å². The van der Waals surface area contributed by atoms with Gasteiger partial charge in [0.1, 0.15) is 0 Å². The Kier molecular flexibility index (Phi) is 4.04. The van der Waals surface area contributed by atoms with E-state index in [2.05, 4.69) is 14.8 Å². The van der Waals surface area contributed by atoms with E-state index in [0.29, 0.717) is 6.61 Å². The molecule has 1 aliphatic rings. The van der Waals surface area contributed by atoms with Crippen LogP contribution in [0.25, 0.3) is 0 Å². The molecule has 1 rings (SSSR count). The van der Waals surface area contributed by atoms with Crippen molar-refractivity contribution in [2.75, 3.05) is 6.61 Å². The average molecular weight is 303 g/mol. The quantitative estimate of drug-likeness (QED) is 0.592. The Hall–Kier alpha value is 0.00870. The molecule has 0 saturated heterocycles. The van der Waals surface area contributed by atoms with Crippen LogP contribution < -0.4 is 0 Å². The molecule has 0 aromatic rings. The molecule has 0 heterocycles. The van der Waals surface area contributed by atoms with Crippen molar-refractivity contribution in [2.24, 2.45) is 0 Å². The normalized spacial score (nSPS) is 17.4. The summed E-state index contributed by atoms with van der Waals surface area (Å²) in [5.74, 6) is -0.0494. The molecule has 0 fully saturated rings. The number of esters is 1. The van der Waals surface area contributed by atoms with Gasteiger partial charge in [-0.05, 0) is 0 Å². The number of ether oxygens (including phenoxy) is 1. The van der Waals surface area contributed by atoms with E-state index in [0.717, 1.165) is 24.8 Å². The summed E-state index contributed by atoms with van der Waals surface area (Å²) in [5.41, 5.74) is 1.02. The molecule has 0 N–H and O–H groups in total. The Morgan fingerprint density at radius 3 is 2.50 bits per heavy atom. The van der Waals surface area contributed by atoms with Gasteiger partial charge in [-0.2, -0.15) is 0 Å². The summed E-state index contributed by atoms with van der Waals surface area (Å²) >= 11 is -2.02. The predicted molar refractivity (Wildman–Crippen MR) is 60.9 cm³/mol. The molecule has 0 saturated carbocycles. The van der Waals surface area contributed by atoms with Crippen LogP contribution in [0, 0.1) is 0 Å². The minimum atomic E-state index is -2.02. The van der Waals surface area contributed by atoms with Crippen LogP contribution in [0.2, 0.25) is 14.8 Å². The third-order valence-electron chi connectivity index (χ3n) is 2.64. The van der Waals surface area contributed by atoms with Gasteiger partial charge < -0.3 is 0 Å². The third-order valence-corrected chi connectivity index (χ3v) is 9.39. The van der Waals surface area contributed by atoms with Gasteiger partial charge in [-0.3, -0.25) is 0 Å². The zero-order chi connectivity index (χ0) is 10.8. The Labute approximate surface area is 90.6 Å². The average Bonchev–Trinajstić information content (AvgIpc) is 2.50. The van der Waals surface area contributed by atoms with Crippen molar-refractivity contribution >= 4 is 24.3 Å². The number of carbonyl (C=O) groups excluding carboxylic acids is 1. The Morgan fingerprint density at radius 2 is 2.00 bits per heavy atom. The van der Waals surface area contributed by atoms with Gasteiger partial charge in [0, 0.05) is 0 Å². The fourth-order valence-electron chi connectivity index (χ4n) is 2.01. The first kappa shape index (κ1) is 12.1. The second-order valence-corrected chi connectivity index (χ2v) is 19.3. The molecule has 80 valence electrons. The van der Waals surface area contributed by atoms with Gasteiger partial charge in [0.2, 0.25) is 0 Å². The van der Waals surface area contributed by atoms with E-state index < -0.39 is 18.4 Å². The summed E-state index contributed by atoms with van der Waals surface area (Å²) in [6, 6.07) is 0. The molecule has 14 heavy (non-hydrogen) atoms. The van der Waals surface area contributed by atoms with Gasteiger partial charge >= 0.3 is 90.7 Å². The van der Waals surface area contributed by atoms with Crippen molar-refractivity contribution < 1.29 is 9.53 Å². The number of hydrogen-bond acceptors (Lipinski definition) is 2. The van der Waals surface area contributed by atoms with E-state index in [9.17, 15) is 4.79 Å². The maximum atomic E-state index is 11.7. The van der Waals surface area contributed by atoms with Gasteiger partial charge in [-0.1, -0.05) is 0 Å². The summed E-state index contributed by atoms with van der Waals surface area (Å²) in [4.78, 5) is 18.8. The van der Waals surface area contributed by atoms with Gasteiger partial charge in [0.15, 0.2) is 0 Å². The van der Waals surface area contributed by atoms with Crippen molar-refractivity contribution in [3.8, 4) is 0 Å². The number of rotatable bonds is 3. The van der Waals surface area contributed by atoms with E-state index in [4.69, 9.17) is 4.74 Å². The molecular formula is C11H20O2Sn. The molecule has 0 aliphatic heterocycles. The number of carbonyl (C=O) groups is 1. The van der Waals surface area contributed by atoms with Crippen LogP contribution in [0.3, 0.4) is 0 Å². The van der Waals surface area contributed by atoms with Crippen LogP contribution in [0.5, 0.6) is 0 Å². The molecule has 0 unspecified atom stereocenters. The van der Waals surface area contributed by atoms with Gasteiger partial charge in [0.05, 0.1) is 0 Å². The molecule has 0 aromatic carbocycles. The molecule has 0 atom stereocenters. The van der Waals surface area contributed by atoms with Crippen LogP contribution in [-0.4, -0.2) is 31.0 Å². The van der Waals surface area contributed by atoms with Crippen molar-refractivity contribution in [3.63, 3.8) is 0 Å². The molecule has 2 nitrogen and oxygen atoms in total. The first-order valence-corrected chi connectivity index (χ1v) is 15.4. The van der Waals surface area contributed by atoms with Gasteiger partial charge in [0.25, 0.3) is 0 Å². The van der Waals surface area contributed by atoms with E-state index in [-0.39, 0.29) is 5.97 Å². The maximum absolute atomic E-state index is 11.7. The second-order valence-electron chi connectivity index (χ2n) is 4.78. The van der Waals surface area contributed by atoms with Crippen molar-refractivity contribution in [2.45, 2.75) is 41.0 Å². The molecule has 3 heteroatoms. The van der Waals surface area contributed by atoms with E-state index in [1.54, 1.807) is 0 Å². The second kappa shape index (κ2) is 4.69. The SMILES string of the molecule is CCOC(=O)C1=[C]([Sn]([CH3])([CH3])[CH3])CCC1. The first-order valence-electron chi connectivity index (χ1n) is 5.36. The summed E-state index contributed by atoms with van der Waals surface area (Å²) in [7, 11) is 0. The van der Waals surface area contributed by atoms with Crippen LogP contribution >= 0.6 is 0 Å². The standard InChI is InChI=1S/C8H11O2.3CH3.Sn/c1-2-10-8(9)7-5-3-4-6-7;;;;/h2-5H2,1H3;3*1H3;. The van der Waals surface area contributed by atoms with Crippen LogP contribution in [-0.2, 0) is 9.53 Å². The predicted octanol–water partition coefficient (Wildman–Crippen LogP) is 2.91. The third kappa shape index (κ3) is 2.75. The monoisotopic (exact) mass is 304 g/mol. The zero-order valence-corrected chi connectivity index (χ0v) is 12.5. The Morgan fingerprint density at radius 1 is 1.36 bits per heavy atom. The molecule has 1 aliphatic carbocycles. The van der Waals surface area contributed by atoms with Crippen molar-refractivity contribution in [1.82, 2.24) is 0 Å². The fourth-order valence-corrected chi connectivity index (χ4v) is 7.89. The summed E-state index contributed by atoms with van der Waals surface area (Å²) in [5, 5.41) is 0. The summed E-state index contributed by atoms with van der Waals surface area (Å²) in [6.45, 7) is 2.36. The molecule has 0 bridgehead atoms. The van der Waals surface area contributed by atoms with E-state index in [1.807, 2.05) is 6.92 Å². The fraction of sp³-hybridized carbons (Fsp3) is 0.727. The number of allylic oxidation sites excluding steroid dienone is 1. The van der Waals surface area contributed by atoms with Crippen LogP contribution in [0.1, 0.15) is 26.2 Å². The van der Waals surface area contributed by atoms with Gasteiger partial charge in [-0.15, -0.1) is 0 Å². The van der Waals surface area contributed by atoms with E-state index >= 15 is 0 Å². The van der Waals surface area contributed by atoms with Gasteiger partial charge in [-0.25, -0.2) is 0 Å². The molecule has 0 radical (unpaired) electrons. The topological polar surface area (TPSA) is 26.3 Å². The van der Waals surface area contributed by atoms with Crippen LogP contribution in [0.4, 0.5) is 0 Å². The summed E-state index contributed by atoms with van der Waals surface area (Å²) < 4.78 is 6.59. The Bertz CT molecular complexity index is 261. The van der Waals surface area contributed by atoms with Crippen molar-refractivity contribution in [1.29, 1.82) is 0 Å². The minimum absolute atomic E-state index is 0.0494. The molecular weight excluding hydrogens is 283 g/mol. The zero-order valence-electron chi connectivity index (χ0n) is 9.64. The van der Waals surface area contributed by atoms with E-state index in [1.165, 1.54) is 3.59 Å². The molecule has 0 amide bonds. The molecule has 0 spiro atoms. The summed E-state index contributed by atoms with van der Waals surface area (Å²) in [6.07, 6.45) is 3.24. The number of hydrogen-bond donors (Lipinski definition) is 0. The molecule has 0 aromatic heterocycles. The first-order chi connectivity index (χ1) is 6.46. The Balaban J connectivity index is 2.88. The van der Waals surface area contributed by atoms with Crippen molar-refractivity contribution in [3.05, 3.63) is 9.16 Å².